The van der Waals surface area contributed by atoms with Gasteiger partial charge >= 0.3 is 0 Å². The molecule has 0 bridgehead atoms. The third-order valence-corrected chi connectivity index (χ3v) is 5.90. The molecule has 0 saturated carbocycles. The van der Waals surface area contributed by atoms with E-state index in [2.05, 4.69) is 5.32 Å². The van der Waals surface area contributed by atoms with E-state index in [0.717, 1.165) is 35.2 Å². The first-order valence-corrected chi connectivity index (χ1v) is 10.2. The van der Waals surface area contributed by atoms with Gasteiger partial charge < -0.3 is 14.8 Å². The van der Waals surface area contributed by atoms with E-state index in [9.17, 15) is 4.79 Å². The van der Waals surface area contributed by atoms with Crippen molar-refractivity contribution >= 4 is 23.3 Å². The third kappa shape index (κ3) is 2.69. The number of benzene rings is 2. The van der Waals surface area contributed by atoms with Crippen LogP contribution in [0.25, 0.3) is 11.4 Å². The number of halogens is 1. The zero-order valence-corrected chi connectivity index (χ0v) is 16.6. The highest BCUT2D eigenvalue weighted by atomic mass is 35.5. The Labute approximate surface area is 177 Å². The van der Waals surface area contributed by atoms with E-state index in [1.165, 1.54) is 0 Å². The van der Waals surface area contributed by atoms with Crippen LogP contribution in [0.1, 0.15) is 30.9 Å². The first-order valence-electron chi connectivity index (χ1n) is 9.83. The molecule has 3 aromatic rings. The Balaban J connectivity index is 1.52. The van der Waals surface area contributed by atoms with E-state index >= 15 is 0 Å². The lowest BCUT2D eigenvalue weighted by Gasteiger charge is -2.32. The molecule has 2 aromatic carbocycles. The van der Waals surface area contributed by atoms with Crippen molar-refractivity contribution in [2.45, 2.75) is 25.3 Å². The van der Waals surface area contributed by atoms with Crippen molar-refractivity contribution in [3.05, 3.63) is 64.3 Å². The minimum Gasteiger partial charge on any atom is -0.454 e. The highest BCUT2D eigenvalue weighted by Crippen LogP contribution is 2.43. The maximum Gasteiger partial charge on any atom is 0.231 e. The minimum atomic E-state index is -0.376. The summed E-state index contributed by atoms with van der Waals surface area (Å²) < 4.78 is 12.8. The third-order valence-electron chi connectivity index (χ3n) is 5.66. The normalized spacial score (nSPS) is 19.4. The molecule has 1 aromatic heterocycles. The molecule has 0 saturated heterocycles. The van der Waals surface area contributed by atoms with Crippen molar-refractivity contribution in [3.8, 4) is 22.9 Å². The number of nitrogens with zero attached hydrogens (tertiary/aromatic N) is 3. The number of allylic oxidation sites excluding steroid dienone is 2. The summed E-state index contributed by atoms with van der Waals surface area (Å²) in [6.07, 6.45) is 2.17. The van der Waals surface area contributed by atoms with Crippen molar-refractivity contribution in [1.82, 2.24) is 14.8 Å². The molecule has 1 atom stereocenters. The first kappa shape index (κ1) is 17.5. The molecule has 0 spiro atoms. The van der Waals surface area contributed by atoms with Crippen LogP contribution in [0.4, 0.5) is 5.95 Å². The van der Waals surface area contributed by atoms with Crippen LogP contribution in [0.2, 0.25) is 5.02 Å². The van der Waals surface area contributed by atoms with Gasteiger partial charge in [0.1, 0.15) is 6.04 Å². The van der Waals surface area contributed by atoms with Gasteiger partial charge in [0, 0.05) is 28.3 Å². The van der Waals surface area contributed by atoms with Gasteiger partial charge in [-0.2, -0.15) is 4.98 Å². The van der Waals surface area contributed by atoms with Crippen molar-refractivity contribution in [2.75, 3.05) is 12.1 Å². The molecule has 6 rings (SSSR count). The van der Waals surface area contributed by atoms with Gasteiger partial charge in [-0.05, 0) is 42.7 Å². The average Bonchev–Trinajstić information content (AvgIpc) is 3.38. The molecular formula is C22H17ClN4O3. The Kier molecular flexibility index (Phi) is 3.86. The van der Waals surface area contributed by atoms with Crippen LogP contribution in [-0.4, -0.2) is 27.3 Å². The minimum absolute atomic E-state index is 0.136. The second kappa shape index (κ2) is 6.60. The molecule has 8 heteroatoms. The van der Waals surface area contributed by atoms with E-state index in [-0.39, 0.29) is 18.6 Å². The number of carbonyl (C=O) groups is 1. The maximum absolute atomic E-state index is 12.9. The fourth-order valence-corrected chi connectivity index (χ4v) is 4.49. The molecule has 3 aliphatic rings. The predicted octanol–water partition coefficient (Wildman–Crippen LogP) is 4.35. The number of carbonyl (C=O) groups excluding carboxylic acids is 1. The van der Waals surface area contributed by atoms with Crippen LogP contribution in [0, 0.1) is 0 Å². The van der Waals surface area contributed by atoms with Gasteiger partial charge in [0.15, 0.2) is 23.1 Å². The molecule has 0 fully saturated rings. The summed E-state index contributed by atoms with van der Waals surface area (Å²) in [5.74, 6) is 2.68. The van der Waals surface area contributed by atoms with Gasteiger partial charge in [-0.1, -0.05) is 29.8 Å². The van der Waals surface area contributed by atoms with Gasteiger partial charge in [-0.15, -0.1) is 5.10 Å². The summed E-state index contributed by atoms with van der Waals surface area (Å²) in [6, 6.07) is 12.8. The number of rotatable bonds is 2. The lowest BCUT2D eigenvalue weighted by molar-refractivity contribution is -0.116. The highest BCUT2D eigenvalue weighted by molar-refractivity contribution is 6.30. The number of hydrogen-bond donors (Lipinski definition) is 1. The second-order valence-corrected chi connectivity index (χ2v) is 7.96. The van der Waals surface area contributed by atoms with Crippen molar-refractivity contribution < 1.29 is 14.3 Å². The van der Waals surface area contributed by atoms with Gasteiger partial charge in [-0.25, -0.2) is 4.68 Å². The number of fused-ring (bicyclic) bond motifs is 2. The summed E-state index contributed by atoms with van der Waals surface area (Å²) in [5, 5.41) is 8.73. The molecule has 0 unspecified atom stereocenters. The van der Waals surface area contributed by atoms with Gasteiger partial charge in [0.25, 0.3) is 0 Å². The maximum atomic E-state index is 12.9. The van der Waals surface area contributed by atoms with Crippen molar-refractivity contribution in [3.63, 3.8) is 0 Å². The fourth-order valence-electron chi connectivity index (χ4n) is 4.30. The van der Waals surface area contributed by atoms with Crippen LogP contribution >= 0.6 is 11.6 Å². The van der Waals surface area contributed by atoms with E-state index in [1.54, 1.807) is 4.68 Å². The van der Waals surface area contributed by atoms with Gasteiger partial charge in [0.2, 0.25) is 12.7 Å². The lowest BCUT2D eigenvalue weighted by atomic mass is 9.85. The second-order valence-electron chi connectivity index (χ2n) is 7.52. The molecule has 0 amide bonds. The van der Waals surface area contributed by atoms with E-state index in [1.807, 2.05) is 42.5 Å². The van der Waals surface area contributed by atoms with E-state index in [0.29, 0.717) is 34.7 Å². The van der Waals surface area contributed by atoms with Gasteiger partial charge in [0.05, 0.1) is 0 Å². The van der Waals surface area contributed by atoms with Crippen LogP contribution in [0.15, 0.2) is 53.7 Å². The zero-order valence-electron chi connectivity index (χ0n) is 15.9. The molecule has 30 heavy (non-hydrogen) atoms. The Morgan fingerprint density at radius 3 is 2.90 bits per heavy atom. The highest BCUT2D eigenvalue weighted by Gasteiger charge is 2.37. The Hall–Kier alpha value is -3.32. The van der Waals surface area contributed by atoms with Crippen LogP contribution < -0.4 is 14.8 Å². The monoisotopic (exact) mass is 420 g/mol. The summed E-state index contributed by atoms with van der Waals surface area (Å²) in [6.45, 7) is 0.200. The topological polar surface area (TPSA) is 78.3 Å². The summed E-state index contributed by atoms with van der Waals surface area (Å²) in [7, 11) is 0. The number of anilines is 1. The summed E-state index contributed by atoms with van der Waals surface area (Å²) >= 11 is 6.16. The number of hydrogen-bond acceptors (Lipinski definition) is 6. The number of Topliss-reactive ketones (excluding diaryl/α,β-unsaturated/α-hetero) is 1. The standard InChI is InChI=1S/C22H17ClN4O3/c23-14-4-1-3-13(9-14)21-25-22-24-15-5-2-6-16(28)19(15)20(27(22)26-21)12-7-8-17-18(10-12)30-11-29-17/h1,3-4,7-10,20H,2,5-6,11H2,(H,24,25,26)/t20-/m1/s1. The largest absolute Gasteiger partial charge is 0.454 e. The Morgan fingerprint density at radius 1 is 1.10 bits per heavy atom. The smallest absolute Gasteiger partial charge is 0.231 e. The fraction of sp³-hybridized carbons (Fsp3) is 0.227. The first-order chi connectivity index (χ1) is 14.7. The molecule has 2 aliphatic heterocycles. The average molecular weight is 421 g/mol. The summed E-state index contributed by atoms with van der Waals surface area (Å²) in [5.41, 5.74) is 3.40. The number of aromatic nitrogens is 3. The predicted molar refractivity (Wildman–Crippen MR) is 111 cm³/mol. The molecular weight excluding hydrogens is 404 g/mol. The molecule has 1 N–H and O–H groups in total. The van der Waals surface area contributed by atoms with Crippen LogP contribution in [-0.2, 0) is 4.79 Å². The van der Waals surface area contributed by atoms with Crippen LogP contribution in [0.3, 0.4) is 0 Å². The zero-order chi connectivity index (χ0) is 20.2. The number of ketones is 1. The van der Waals surface area contributed by atoms with Crippen LogP contribution in [0.5, 0.6) is 11.5 Å². The molecule has 0 radical (unpaired) electrons. The molecule has 150 valence electrons. The Bertz CT molecular complexity index is 1230. The molecule has 1 aliphatic carbocycles. The Morgan fingerprint density at radius 2 is 2.00 bits per heavy atom. The van der Waals surface area contributed by atoms with Gasteiger partial charge in [-0.3, -0.25) is 4.79 Å². The number of ether oxygens (including phenoxy) is 2. The molecule has 7 nitrogen and oxygen atoms in total. The van der Waals surface area contributed by atoms with Crippen molar-refractivity contribution in [2.24, 2.45) is 0 Å². The van der Waals surface area contributed by atoms with E-state index < -0.39 is 0 Å². The summed E-state index contributed by atoms with van der Waals surface area (Å²) in [4.78, 5) is 17.7. The van der Waals surface area contributed by atoms with Crippen molar-refractivity contribution in [1.29, 1.82) is 0 Å². The SMILES string of the molecule is O=C1CCCC2=C1[C@@H](c1ccc3c(c1)OCO3)n1nc(-c3cccc(Cl)c3)nc1N2. The quantitative estimate of drug-likeness (QED) is 0.664. The number of nitrogens with one attached hydrogen (secondary N) is 1. The van der Waals surface area contributed by atoms with E-state index in [4.69, 9.17) is 31.2 Å². The molecule has 3 heterocycles. The lowest BCUT2D eigenvalue weighted by Crippen LogP contribution is -2.31.